The second-order valence-corrected chi connectivity index (χ2v) is 4.77. The molecule has 0 unspecified atom stereocenters. The van der Waals surface area contributed by atoms with E-state index in [4.69, 9.17) is 0 Å². The maximum atomic E-state index is 12.0. The molecule has 0 aliphatic rings. The van der Waals surface area contributed by atoms with Crippen LogP contribution < -0.4 is 10.1 Å². The molecule has 1 amide bonds. The van der Waals surface area contributed by atoms with Crippen LogP contribution in [0.25, 0.3) is 0 Å². The summed E-state index contributed by atoms with van der Waals surface area (Å²) in [5.74, 6) is -0.381. The van der Waals surface area contributed by atoms with Gasteiger partial charge in [0.15, 0.2) is 0 Å². The van der Waals surface area contributed by atoms with Gasteiger partial charge in [-0.15, -0.1) is 10.2 Å². The highest BCUT2D eigenvalue weighted by atomic mass is 32.1. The van der Waals surface area contributed by atoms with Crippen LogP contribution in [-0.2, 0) is 6.42 Å². The molecule has 1 heterocycles. The Kier molecular flexibility index (Phi) is 4.57. The van der Waals surface area contributed by atoms with Gasteiger partial charge in [0.2, 0.25) is 5.13 Å². The number of anilines is 1. The van der Waals surface area contributed by atoms with Crippen molar-refractivity contribution in [2.45, 2.75) is 20.0 Å². The third-order valence-electron chi connectivity index (χ3n) is 2.33. The predicted octanol–water partition coefficient (Wildman–Crippen LogP) is 2.95. The molecule has 0 atom stereocenters. The van der Waals surface area contributed by atoms with Crippen LogP contribution in [0.2, 0.25) is 0 Å². The van der Waals surface area contributed by atoms with Gasteiger partial charge < -0.3 is 4.74 Å². The highest BCUT2D eigenvalue weighted by Gasteiger charge is 2.10. The van der Waals surface area contributed by atoms with Gasteiger partial charge in [-0.05, 0) is 30.7 Å². The van der Waals surface area contributed by atoms with Crippen molar-refractivity contribution in [3.63, 3.8) is 0 Å². The summed E-state index contributed by atoms with van der Waals surface area (Å²) in [4.78, 5) is 11.9. The molecule has 1 aromatic heterocycles. The molecule has 0 aliphatic carbocycles. The fourth-order valence-electron chi connectivity index (χ4n) is 1.40. The Labute approximate surface area is 117 Å². The first kappa shape index (κ1) is 14.3. The summed E-state index contributed by atoms with van der Waals surface area (Å²) in [5, 5.41) is 11.5. The Bertz CT molecular complexity index is 587. The van der Waals surface area contributed by atoms with Crippen LogP contribution in [0.15, 0.2) is 24.3 Å². The van der Waals surface area contributed by atoms with Gasteiger partial charge in [0.25, 0.3) is 5.91 Å². The van der Waals surface area contributed by atoms with Crippen LogP contribution in [0.5, 0.6) is 5.75 Å². The summed E-state index contributed by atoms with van der Waals surface area (Å²) in [6.07, 6.45) is 0.743. The van der Waals surface area contributed by atoms with E-state index in [1.165, 1.54) is 35.6 Å². The van der Waals surface area contributed by atoms with Gasteiger partial charge >= 0.3 is 6.61 Å². The van der Waals surface area contributed by atoms with Crippen molar-refractivity contribution in [3.05, 3.63) is 34.8 Å². The largest absolute Gasteiger partial charge is 0.435 e. The minimum absolute atomic E-state index is 0.000680. The molecular formula is C12H11F2N3O2S. The summed E-state index contributed by atoms with van der Waals surface area (Å²) in [5.41, 5.74) is 0.319. The molecular weight excluding hydrogens is 288 g/mol. The predicted molar refractivity (Wildman–Crippen MR) is 70.3 cm³/mol. The van der Waals surface area contributed by atoms with Crippen LogP contribution in [0.1, 0.15) is 22.3 Å². The summed E-state index contributed by atoms with van der Waals surface area (Å²) in [6.45, 7) is -0.947. The van der Waals surface area contributed by atoms with Crippen LogP contribution in [-0.4, -0.2) is 22.7 Å². The molecule has 106 valence electrons. The minimum atomic E-state index is -2.89. The van der Waals surface area contributed by atoms with E-state index in [-0.39, 0.29) is 11.7 Å². The number of hydrogen-bond donors (Lipinski definition) is 1. The molecule has 0 aliphatic heterocycles. The Morgan fingerprint density at radius 2 is 2.05 bits per heavy atom. The average molecular weight is 299 g/mol. The van der Waals surface area contributed by atoms with E-state index in [0.29, 0.717) is 10.7 Å². The minimum Gasteiger partial charge on any atom is -0.435 e. The zero-order valence-corrected chi connectivity index (χ0v) is 11.3. The van der Waals surface area contributed by atoms with E-state index in [9.17, 15) is 13.6 Å². The lowest BCUT2D eigenvalue weighted by molar-refractivity contribution is -0.0498. The molecule has 0 spiro atoms. The van der Waals surface area contributed by atoms with Crippen molar-refractivity contribution < 1.29 is 18.3 Å². The fourth-order valence-corrected chi connectivity index (χ4v) is 2.08. The van der Waals surface area contributed by atoms with Crippen LogP contribution in [0.3, 0.4) is 0 Å². The number of carbonyl (C=O) groups excluding carboxylic acids is 1. The number of nitrogens with one attached hydrogen (secondary N) is 1. The third-order valence-corrected chi connectivity index (χ3v) is 3.31. The van der Waals surface area contributed by atoms with E-state index >= 15 is 0 Å². The second kappa shape index (κ2) is 6.38. The molecule has 0 fully saturated rings. The Morgan fingerprint density at radius 3 is 2.60 bits per heavy atom. The SMILES string of the molecule is CCc1nnc(NC(=O)c2ccc(OC(F)F)cc2)s1. The normalized spacial score (nSPS) is 10.6. The van der Waals surface area contributed by atoms with Gasteiger partial charge in [-0.3, -0.25) is 10.1 Å². The van der Waals surface area contributed by atoms with Gasteiger partial charge in [0, 0.05) is 5.56 Å². The van der Waals surface area contributed by atoms with Gasteiger partial charge in [-0.1, -0.05) is 18.3 Å². The maximum Gasteiger partial charge on any atom is 0.387 e. The average Bonchev–Trinajstić information content (AvgIpc) is 2.86. The molecule has 1 aromatic carbocycles. The molecule has 0 radical (unpaired) electrons. The first-order valence-corrected chi connectivity index (χ1v) is 6.58. The van der Waals surface area contributed by atoms with E-state index in [1.54, 1.807) is 0 Å². The quantitative estimate of drug-likeness (QED) is 0.922. The lowest BCUT2D eigenvalue weighted by Gasteiger charge is -2.05. The molecule has 2 rings (SSSR count). The molecule has 20 heavy (non-hydrogen) atoms. The Morgan fingerprint density at radius 1 is 1.35 bits per heavy atom. The third kappa shape index (κ3) is 3.70. The Hall–Kier alpha value is -2.09. The van der Waals surface area contributed by atoms with E-state index < -0.39 is 6.61 Å². The molecule has 5 nitrogen and oxygen atoms in total. The van der Waals surface area contributed by atoms with Crippen molar-refractivity contribution in [1.29, 1.82) is 0 Å². The van der Waals surface area contributed by atoms with E-state index in [1.807, 2.05) is 6.92 Å². The van der Waals surface area contributed by atoms with Crippen molar-refractivity contribution in [1.82, 2.24) is 10.2 Å². The number of halogens is 2. The number of benzene rings is 1. The number of aryl methyl sites for hydroxylation is 1. The Balaban J connectivity index is 2.01. The highest BCUT2D eigenvalue weighted by molar-refractivity contribution is 7.15. The standard InChI is InChI=1S/C12H11F2N3O2S/c1-2-9-16-17-12(20-9)15-10(18)7-3-5-8(6-4-7)19-11(13)14/h3-6,11H,2H2,1H3,(H,15,17,18). The monoisotopic (exact) mass is 299 g/mol. The number of nitrogens with zero attached hydrogens (tertiary/aromatic N) is 2. The number of hydrogen-bond acceptors (Lipinski definition) is 5. The lowest BCUT2D eigenvalue weighted by Crippen LogP contribution is -2.11. The van der Waals surface area contributed by atoms with Crippen LogP contribution in [0.4, 0.5) is 13.9 Å². The number of ether oxygens (including phenoxy) is 1. The van der Waals surface area contributed by atoms with Gasteiger partial charge in [-0.2, -0.15) is 8.78 Å². The summed E-state index contributed by atoms with van der Waals surface area (Å²) in [7, 11) is 0. The topological polar surface area (TPSA) is 64.1 Å². The molecule has 0 bridgehead atoms. The van der Waals surface area contributed by atoms with Gasteiger partial charge in [0.1, 0.15) is 10.8 Å². The number of alkyl halides is 2. The lowest BCUT2D eigenvalue weighted by atomic mass is 10.2. The molecule has 1 N–H and O–H groups in total. The number of aromatic nitrogens is 2. The molecule has 0 saturated heterocycles. The molecule has 8 heteroatoms. The van der Waals surface area contributed by atoms with Crippen molar-refractivity contribution in [3.8, 4) is 5.75 Å². The van der Waals surface area contributed by atoms with Gasteiger partial charge in [-0.25, -0.2) is 0 Å². The van der Waals surface area contributed by atoms with E-state index in [2.05, 4.69) is 20.3 Å². The van der Waals surface area contributed by atoms with Crippen molar-refractivity contribution in [2.75, 3.05) is 5.32 Å². The number of carbonyl (C=O) groups is 1. The first-order valence-electron chi connectivity index (χ1n) is 5.77. The molecule has 2 aromatic rings. The van der Waals surface area contributed by atoms with E-state index in [0.717, 1.165) is 11.4 Å². The van der Waals surface area contributed by atoms with Gasteiger partial charge in [0.05, 0.1) is 0 Å². The van der Waals surface area contributed by atoms with Crippen molar-refractivity contribution >= 4 is 22.4 Å². The highest BCUT2D eigenvalue weighted by Crippen LogP contribution is 2.18. The van der Waals surface area contributed by atoms with Crippen molar-refractivity contribution in [2.24, 2.45) is 0 Å². The first-order chi connectivity index (χ1) is 9.58. The summed E-state index contributed by atoms with van der Waals surface area (Å²) in [6, 6.07) is 5.40. The second-order valence-electron chi connectivity index (χ2n) is 3.71. The summed E-state index contributed by atoms with van der Waals surface area (Å²) >= 11 is 1.29. The summed E-state index contributed by atoms with van der Waals surface area (Å²) < 4.78 is 28.2. The zero-order chi connectivity index (χ0) is 14.5. The number of amides is 1. The maximum absolute atomic E-state index is 12.0. The zero-order valence-electron chi connectivity index (χ0n) is 10.5. The molecule has 0 saturated carbocycles. The van der Waals surface area contributed by atoms with Crippen LogP contribution in [0, 0.1) is 0 Å². The number of rotatable bonds is 5. The van der Waals surface area contributed by atoms with Crippen LogP contribution >= 0.6 is 11.3 Å². The fraction of sp³-hybridized carbons (Fsp3) is 0.250. The smallest absolute Gasteiger partial charge is 0.387 e.